The van der Waals surface area contributed by atoms with Crippen molar-refractivity contribution in [2.24, 2.45) is 0 Å². The Labute approximate surface area is 169 Å². The third kappa shape index (κ3) is 5.30. The van der Waals surface area contributed by atoms with Crippen LogP contribution in [-0.4, -0.2) is 36.0 Å². The van der Waals surface area contributed by atoms with E-state index in [1.807, 2.05) is 31.2 Å². The molecule has 0 radical (unpaired) electrons. The summed E-state index contributed by atoms with van der Waals surface area (Å²) in [4.78, 5) is 33.3. The standard InChI is InChI=1S/C22H23N3O4/c1-15-4-6-16(7-5-15)19-14-23-21(29-19)13-12-20(26)24-18-10-8-17(9-11-18)22(27)25(2)28-3/h4-11,14H,12-13H2,1-3H3,(H,24,26). The molecule has 29 heavy (non-hydrogen) atoms. The van der Waals surface area contributed by atoms with E-state index in [2.05, 4.69) is 10.3 Å². The van der Waals surface area contributed by atoms with E-state index in [9.17, 15) is 9.59 Å². The van der Waals surface area contributed by atoms with Gasteiger partial charge in [-0.25, -0.2) is 10.0 Å². The number of nitrogens with zero attached hydrogens (tertiary/aromatic N) is 2. The molecule has 3 aromatic rings. The molecule has 0 aliphatic heterocycles. The number of aromatic nitrogens is 1. The first kappa shape index (κ1) is 20.3. The summed E-state index contributed by atoms with van der Waals surface area (Å²) in [5, 5.41) is 3.94. The Bertz CT molecular complexity index is 978. The largest absolute Gasteiger partial charge is 0.441 e. The summed E-state index contributed by atoms with van der Waals surface area (Å²) in [6.45, 7) is 2.03. The smallest absolute Gasteiger partial charge is 0.277 e. The third-order valence-corrected chi connectivity index (χ3v) is 4.43. The average molecular weight is 393 g/mol. The predicted molar refractivity (Wildman–Crippen MR) is 109 cm³/mol. The second-order valence-electron chi connectivity index (χ2n) is 6.59. The summed E-state index contributed by atoms with van der Waals surface area (Å²) in [6.07, 6.45) is 2.30. The highest BCUT2D eigenvalue weighted by atomic mass is 16.7. The maximum atomic E-state index is 12.2. The second kappa shape index (κ2) is 9.16. The number of amides is 2. The highest BCUT2D eigenvalue weighted by molar-refractivity contribution is 5.95. The fraction of sp³-hybridized carbons (Fsp3) is 0.227. The molecule has 7 heteroatoms. The Balaban J connectivity index is 1.52. The summed E-state index contributed by atoms with van der Waals surface area (Å²) in [5.74, 6) is 0.771. The number of benzene rings is 2. The third-order valence-electron chi connectivity index (χ3n) is 4.43. The second-order valence-corrected chi connectivity index (χ2v) is 6.59. The van der Waals surface area contributed by atoms with Gasteiger partial charge in [0.2, 0.25) is 5.91 Å². The zero-order valence-electron chi connectivity index (χ0n) is 16.6. The molecule has 7 nitrogen and oxygen atoms in total. The molecule has 1 aromatic heterocycles. The number of aryl methyl sites for hydroxylation is 2. The zero-order chi connectivity index (χ0) is 20.8. The van der Waals surface area contributed by atoms with Crippen LogP contribution in [0.15, 0.2) is 59.1 Å². The van der Waals surface area contributed by atoms with E-state index in [1.165, 1.54) is 19.7 Å². The molecule has 0 spiro atoms. The van der Waals surface area contributed by atoms with E-state index in [-0.39, 0.29) is 18.2 Å². The number of anilines is 1. The van der Waals surface area contributed by atoms with Crippen molar-refractivity contribution in [1.29, 1.82) is 0 Å². The van der Waals surface area contributed by atoms with Crippen molar-refractivity contribution in [3.63, 3.8) is 0 Å². The van der Waals surface area contributed by atoms with Gasteiger partial charge in [0, 0.05) is 36.7 Å². The van der Waals surface area contributed by atoms with Gasteiger partial charge in [-0.2, -0.15) is 0 Å². The lowest BCUT2D eigenvalue weighted by Crippen LogP contribution is -2.25. The molecule has 1 N–H and O–H groups in total. The van der Waals surface area contributed by atoms with Gasteiger partial charge in [-0.15, -0.1) is 0 Å². The molecule has 3 rings (SSSR count). The molecule has 0 fully saturated rings. The van der Waals surface area contributed by atoms with Crippen molar-refractivity contribution < 1.29 is 18.8 Å². The Kier molecular flexibility index (Phi) is 6.41. The minimum atomic E-state index is -0.265. The molecule has 0 saturated heterocycles. The minimum absolute atomic E-state index is 0.159. The van der Waals surface area contributed by atoms with Crippen molar-refractivity contribution >= 4 is 17.5 Å². The first-order valence-electron chi connectivity index (χ1n) is 9.20. The topological polar surface area (TPSA) is 84.7 Å². The summed E-state index contributed by atoms with van der Waals surface area (Å²) in [6, 6.07) is 14.6. The van der Waals surface area contributed by atoms with Crippen LogP contribution < -0.4 is 5.32 Å². The van der Waals surface area contributed by atoms with Crippen LogP contribution >= 0.6 is 0 Å². The molecule has 0 saturated carbocycles. The fourth-order valence-corrected chi connectivity index (χ4v) is 2.68. The average Bonchev–Trinajstić information content (AvgIpc) is 3.21. The Morgan fingerprint density at radius 2 is 1.79 bits per heavy atom. The van der Waals surface area contributed by atoms with Crippen LogP contribution in [0.4, 0.5) is 5.69 Å². The lowest BCUT2D eigenvalue weighted by molar-refractivity contribution is -0.116. The van der Waals surface area contributed by atoms with Crippen LogP contribution in [0.2, 0.25) is 0 Å². The SMILES string of the molecule is CON(C)C(=O)c1ccc(NC(=O)CCc2ncc(-c3ccc(C)cc3)o2)cc1. The first-order chi connectivity index (χ1) is 14.0. The molecular weight excluding hydrogens is 370 g/mol. The molecular formula is C22H23N3O4. The molecule has 0 atom stereocenters. The normalized spacial score (nSPS) is 10.6. The number of hydroxylamine groups is 2. The van der Waals surface area contributed by atoms with Gasteiger partial charge < -0.3 is 9.73 Å². The molecule has 0 aliphatic rings. The van der Waals surface area contributed by atoms with Crippen molar-refractivity contribution in [1.82, 2.24) is 10.0 Å². The van der Waals surface area contributed by atoms with Gasteiger partial charge in [-0.3, -0.25) is 14.4 Å². The minimum Gasteiger partial charge on any atom is -0.441 e. The van der Waals surface area contributed by atoms with Crippen molar-refractivity contribution in [3.05, 3.63) is 71.7 Å². The van der Waals surface area contributed by atoms with Gasteiger partial charge in [0.1, 0.15) is 0 Å². The highest BCUT2D eigenvalue weighted by Crippen LogP contribution is 2.21. The quantitative estimate of drug-likeness (QED) is 0.616. The van der Waals surface area contributed by atoms with Gasteiger partial charge in [-0.1, -0.05) is 29.8 Å². The molecule has 0 unspecified atom stereocenters. The van der Waals surface area contributed by atoms with Crippen LogP contribution in [0, 0.1) is 6.92 Å². The number of rotatable bonds is 7. The molecule has 150 valence electrons. The number of oxazole rings is 1. The maximum absolute atomic E-state index is 12.2. The van der Waals surface area contributed by atoms with E-state index in [4.69, 9.17) is 9.25 Å². The summed E-state index contributed by atoms with van der Waals surface area (Å²) < 4.78 is 5.74. The number of carbonyl (C=O) groups is 2. The van der Waals surface area contributed by atoms with E-state index < -0.39 is 0 Å². The lowest BCUT2D eigenvalue weighted by Gasteiger charge is -2.13. The summed E-state index contributed by atoms with van der Waals surface area (Å²) >= 11 is 0. The van der Waals surface area contributed by atoms with E-state index in [0.29, 0.717) is 29.3 Å². The fourth-order valence-electron chi connectivity index (χ4n) is 2.68. The summed E-state index contributed by atoms with van der Waals surface area (Å²) in [5.41, 5.74) is 3.20. The number of carbonyl (C=O) groups excluding carboxylic acids is 2. The van der Waals surface area contributed by atoms with Crippen LogP contribution in [0.3, 0.4) is 0 Å². The molecule has 0 bridgehead atoms. The Morgan fingerprint density at radius 3 is 2.45 bits per heavy atom. The summed E-state index contributed by atoms with van der Waals surface area (Å²) in [7, 11) is 2.95. The van der Waals surface area contributed by atoms with Crippen LogP contribution in [0.1, 0.15) is 28.2 Å². The molecule has 2 aromatic carbocycles. The Morgan fingerprint density at radius 1 is 1.10 bits per heavy atom. The van der Waals surface area contributed by atoms with Gasteiger partial charge in [-0.05, 0) is 31.2 Å². The van der Waals surface area contributed by atoms with Crippen molar-refractivity contribution in [2.75, 3.05) is 19.5 Å². The van der Waals surface area contributed by atoms with Crippen molar-refractivity contribution in [2.45, 2.75) is 19.8 Å². The van der Waals surface area contributed by atoms with E-state index in [1.54, 1.807) is 30.5 Å². The first-order valence-corrected chi connectivity index (χ1v) is 9.20. The number of nitrogens with one attached hydrogen (secondary N) is 1. The van der Waals surface area contributed by atoms with Crippen LogP contribution in [-0.2, 0) is 16.1 Å². The molecule has 1 heterocycles. The van der Waals surface area contributed by atoms with Gasteiger partial charge in [0.25, 0.3) is 5.91 Å². The Hall–Kier alpha value is -3.45. The lowest BCUT2D eigenvalue weighted by atomic mass is 10.1. The number of hydrogen-bond acceptors (Lipinski definition) is 5. The van der Waals surface area contributed by atoms with Gasteiger partial charge >= 0.3 is 0 Å². The predicted octanol–water partition coefficient (Wildman–Crippen LogP) is 3.85. The molecule has 2 amide bonds. The zero-order valence-corrected chi connectivity index (χ0v) is 16.6. The van der Waals surface area contributed by atoms with Crippen LogP contribution in [0.5, 0.6) is 0 Å². The molecule has 0 aliphatic carbocycles. The van der Waals surface area contributed by atoms with Crippen molar-refractivity contribution in [3.8, 4) is 11.3 Å². The van der Waals surface area contributed by atoms with E-state index in [0.717, 1.165) is 10.6 Å². The van der Waals surface area contributed by atoms with Gasteiger partial charge in [0.05, 0.1) is 13.3 Å². The highest BCUT2D eigenvalue weighted by Gasteiger charge is 2.12. The van der Waals surface area contributed by atoms with Crippen LogP contribution in [0.25, 0.3) is 11.3 Å². The van der Waals surface area contributed by atoms with E-state index >= 15 is 0 Å². The number of hydrogen-bond donors (Lipinski definition) is 1. The maximum Gasteiger partial charge on any atom is 0.277 e. The monoisotopic (exact) mass is 393 g/mol. The van der Waals surface area contributed by atoms with Gasteiger partial charge in [0.15, 0.2) is 11.7 Å².